The van der Waals surface area contributed by atoms with Gasteiger partial charge in [-0.3, -0.25) is 4.90 Å². The molecule has 0 radical (unpaired) electrons. The third-order valence-corrected chi connectivity index (χ3v) is 4.13. The van der Waals surface area contributed by atoms with Gasteiger partial charge in [0.25, 0.3) is 0 Å². The fourth-order valence-corrected chi connectivity index (χ4v) is 2.61. The van der Waals surface area contributed by atoms with Gasteiger partial charge in [0.05, 0.1) is 0 Å². The summed E-state index contributed by atoms with van der Waals surface area (Å²) < 4.78 is 0. The molecule has 82 valence electrons. The van der Waals surface area contributed by atoms with Gasteiger partial charge in [0, 0.05) is 37.8 Å². The number of nitrogens with zero attached hydrogens (tertiary/aromatic N) is 2. The average Bonchev–Trinajstić information content (AvgIpc) is 2.99. The lowest BCUT2D eigenvalue weighted by Crippen LogP contribution is -2.57. The second-order valence-corrected chi connectivity index (χ2v) is 4.92. The minimum absolute atomic E-state index is 0.411. The molecule has 0 spiro atoms. The molecule has 3 heteroatoms. The van der Waals surface area contributed by atoms with Gasteiger partial charge in [0.2, 0.25) is 0 Å². The van der Waals surface area contributed by atoms with Crippen molar-refractivity contribution in [3.63, 3.8) is 0 Å². The molecule has 1 saturated carbocycles. The molecule has 0 aromatic rings. The first-order valence-corrected chi connectivity index (χ1v) is 5.87. The molecule has 1 saturated heterocycles. The Hall–Kier alpha value is -0.120. The maximum Gasteiger partial charge on any atom is 0.0334 e. The zero-order valence-electron chi connectivity index (χ0n) is 9.50. The molecule has 1 aliphatic carbocycles. The van der Waals surface area contributed by atoms with Crippen LogP contribution in [0.1, 0.15) is 26.2 Å². The van der Waals surface area contributed by atoms with Gasteiger partial charge < -0.3 is 10.6 Å². The third kappa shape index (κ3) is 1.69. The largest absolute Gasteiger partial charge is 0.329 e. The van der Waals surface area contributed by atoms with Crippen LogP contribution >= 0.6 is 0 Å². The first kappa shape index (κ1) is 10.4. The van der Waals surface area contributed by atoms with Gasteiger partial charge in [-0.15, -0.1) is 0 Å². The molecule has 2 N–H and O–H groups in total. The molecule has 2 rings (SSSR count). The van der Waals surface area contributed by atoms with Crippen LogP contribution in [0, 0.1) is 0 Å². The summed E-state index contributed by atoms with van der Waals surface area (Å²) in [5, 5.41) is 0. The van der Waals surface area contributed by atoms with Gasteiger partial charge in [0.1, 0.15) is 0 Å². The van der Waals surface area contributed by atoms with E-state index in [4.69, 9.17) is 5.73 Å². The number of rotatable bonds is 3. The molecule has 2 aliphatic rings. The lowest BCUT2D eigenvalue weighted by Gasteiger charge is -2.43. The summed E-state index contributed by atoms with van der Waals surface area (Å²) >= 11 is 0. The van der Waals surface area contributed by atoms with Crippen LogP contribution in [0.2, 0.25) is 0 Å². The number of nitrogens with two attached hydrogens (primary N) is 1. The Morgan fingerprint density at radius 2 is 2.07 bits per heavy atom. The van der Waals surface area contributed by atoms with E-state index < -0.39 is 0 Å². The van der Waals surface area contributed by atoms with E-state index in [1.165, 1.54) is 38.9 Å². The number of hydrogen-bond donors (Lipinski definition) is 1. The van der Waals surface area contributed by atoms with E-state index in [9.17, 15) is 0 Å². The fourth-order valence-electron chi connectivity index (χ4n) is 2.61. The third-order valence-electron chi connectivity index (χ3n) is 4.13. The van der Waals surface area contributed by atoms with Crippen molar-refractivity contribution in [3.05, 3.63) is 0 Å². The molecule has 14 heavy (non-hydrogen) atoms. The van der Waals surface area contributed by atoms with Crippen molar-refractivity contribution in [2.45, 2.75) is 37.8 Å². The maximum absolute atomic E-state index is 5.87. The quantitative estimate of drug-likeness (QED) is 0.715. The van der Waals surface area contributed by atoms with Gasteiger partial charge in [-0.1, -0.05) is 6.92 Å². The molecular weight excluding hydrogens is 174 g/mol. The Labute approximate surface area is 87.2 Å². The van der Waals surface area contributed by atoms with Crippen LogP contribution in [0.5, 0.6) is 0 Å². The van der Waals surface area contributed by atoms with E-state index in [0.717, 1.165) is 12.6 Å². The molecule has 0 bridgehead atoms. The van der Waals surface area contributed by atoms with Gasteiger partial charge >= 0.3 is 0 Å². The Bertz CT molecular complexity index is 201. The average molecular weight is 197 g/mol. The van der Waals surface area contributed by atoms with Gasteiger partial charge in [-0.25, -0.2) is 0 Å². The van der Waals surface area contributed by atoms with Crippen LogP contribution in [0.4, 0.5) is 0 Å². The van der Waals surface area contributed by atoms with Crippen molar-refractivity contribution in [2.75, 3.05) is 33.2 Å². The molecular formula is C11H23N3. The van der Waals surface area contributed by atoms with Gasteiger partial charge in [-0.05, 0) is 26.3 Å². The maximum atomic E-state index is 5.87. The smallest absolute Gasteiger partial charge is 0.0334 e. The summed E-state index contributed by atoms with van der Waals surface area (Å²) in [6.07, 6.45) is 3.90. The summed E-state index contributed by atoms with van der Waals surface area (Å²) in [5.74, 6) is 0. The van der Waals surface area contributed by atoms with E-state index in [2.05, 4.69) is 23.8 Å². The topological polar surface area (TPSA) is 32.5 Å². The minimum atomic E-state index is 0.411. The van der Waals surface area contributed by atoms with Crippen LogP contribution < -0.4 is 5.73 Å². The van der Waals surface area contributed by atoms with E-state index in [-0.39, 0.29) is 0 Å². The zero-order valence-corrected chi connectivity index (χ0v) is 9.50. The van der Waals surface area contributed by atoms with E-state index in [1.54, 1.807) is 0 Å². The molecule has 1 unspecified atom stereocenters. The molecule has 3 nitrogen and oxygen atoms in total. The summed E-state index contributed by atoms with van der Waals surface area (Å²) in [6.45, 7) is 6.79. The van der Waals surface area contributed by atoms with Crippen molar-refractivity contribution in [3.8, 4) is 0 Å². The minimum Gasteiger partial charge on any atom is -0.329 e. The number of piperazine rings is 1. The second-order valence-electron chi connectivity index (χ2n) is 4.92. The zero-order chi connectivity index (χ0) is 10.2. The number of hydrogen-bond acceptors (Lipinski definition) is 3. The Morgan fingerprint density at radius 3 is 2.57 bits per heavy atom. The standard InChI is InChI=1S/C11H23N3/c1-3-10-8-14(7-6-13(10)2)11(9-12)4-5-11/h10H,3-9,12H2,1-2H3. The molecule has 1 heterocycles. The highest BCUT2D eigenvalue weighted by Gasteiger charge is 2.48. The molecule has 0 amide bonds. The van der Waals surface area contributed by atoms with Crippen molar-refractivity contribution < 1.29 is 0 Å². The fraction of sp³-hybridized carbons (Fsp3) is 1.00. The normalized spacial score (nSPS) is 33.2. The molecule has 0 aromatic heterocycles. The highest BCUT2D eigenvalue weighted by atomic mass is 15.3. The predicted molar refractivity (Wildman–Crippen MR) is 59.3 cm³/mol. The van der Waals surface area contributed by atoms with E-state index in [1.807, 2.05) is 0 Å². The molecule has 0 aromatic carbocycles. The number of likely N-dealkylation sites (N-methyl/N-ethyl adjacent to an activating group) is 1. The first-order chi connectivity index (χ1) is 6.72. The second kappa shape index (κ2) is 3.80. The van der Waals surface area contributed by atoms with Crippen LogP contribution in [0.3, 0.4) is 0 Å². The highest BCUT2D eigenvalue weighted by molar-refractivity contribution is 5.06. The van der Waals surface area contributed by atoms with Crippen LogP contribution in [0.25, 0.3) is 0 Å². The lowest BCUT2D eigenvalue weighted by atomic mass is 10.1. The van der Waals surface area contributed by atoms with Crippen molar-refractivity contribution >= 4 is 0 Å². The van der Waals surface area contributed by atoms with Crippen LogP contribution in [-0.4, -0.2) is 54.6 Å². The van der Waals surface area contributed by atoms with Crippen molar-refractivity contribution in [1.29, 1.82) is 0 Å². The lowest BCUT2D eigenvalue weighted by molar-refractivity contribution is 0.0555. The van der Waals surface area contributed by atoms with Crippen molar-refractivity contribution in [2.24, 2.45) is 5.73 Å². The SMILES string of the molecule is CCC1CN(C2(CN)CC2)CCN1C. The van der Waals surface area contributed by atoms with E-state index >= 15 is 0 Å². The summed E-state index contributed by atoms with van der Waals surface area (Å²) in [7, 11) is 2.24. The van der Waals surface area contributed by atoms with Crippen LogP contribution in [-0.2, 0) is 0 Å². The molecule has 2 fully saturated rings. The Balaban J connectivity index is 1.96. The van der Waals surface area contributed by atoms with E-state index in [0.29, 0.717) is 5.54 Å². The van der Waals surface area contributed by atoms with Crippen molar-refractivity contribution in [1.82, 2.24) is 9.80 Å². The first-order valence-electron chi connectivity index (χ1n) is 5.87. The highest BCUT2D eigenvalue weighted by Crippen LogP contribution is 2.41. The molecule has 1 atom stereocenters. The monoisotopic (exact) mass is 197 g/mol. The Kier molecular flexibility index (Phi) is 2.82. The predicted octanol–water partition coefficient (Wildman–Crippen LogP) is 0.504. The van der Waals surface area contributed by atoms with Crippen LogP contribution in [0.15, 0.2) is 0 Å². The van der Waals surface area contributed by atoms with Gasteiger partial charge in [-0.2, -0.15) is 0 Å². The summed E-state index contributed by atoms with van der Waals surface area (Å²) in [5.41, 5.74) is 6.28. The van der Waals surface area contributed by atoms with Gasteiger partial charge in [0.15, 0.2) is 0 Å². The summed E-state index contributed by atoms with van der Waals surface area (Å²) in [4.78, 5) is 5.13. The molecule has 1 aliphatic heterocycles. The summed E-state index contributed by atoms with van der Waals surface area (Å²) in [6, 6.07) is 0.743. The Morgan fingerprint density at radius 1 is 1.36 bits per heavy atom.